The van der Waals surface area contributed by atoms with Crippen LogP contribution in [0.25, 0.3) is 10.8 Å². The second-order valence-corrected chi connectivity index (χ2v) is 8.28. The summed E-state index contributed by atoms with van der Waals surface area (Å²) >= 11 is 0. The highest BCUT2D eigenvalue weighted by Gasteiger charge is 2.40. The van der Waals surface area contributed by atoms with Crippen LogP contribution in [0.5, 0.6) is 0 Å². The minimum atomic E-state index is -0.119. The first-order chi connectivity index (χ1) is 13.7. The summed E-state index contributed by atoms with van der Waals surface area (Å²) in [7, 11) is 0. The van der Waals surface area contributed by atoms with E-state index in [0.29, 0.717) is 11.1 Å². The first-order valence-corrected chi connectivity index (χ1v) is 10.6. The Labute approximate surface area is 165 Å². The van der Waals surface area contributed by atoms with Crippen LogP contribution in [0.1, 0.15) is 53.3 Å². The molecule has 1 atom stereocenters. The van der Waals surface area contributed by atoms with Gasteiger partial charge in [0.1, 0.15) is 0 Å². The van der Waals surface area contributed by atoms with Gasteiger partial charge < -0.3 is 9.80 Å². The number of anilines is 1. The number of benzene rings is 2. The minimum Gasteiger partial charge on any atom is -0.371 e. The van der Waals surface area contributed by atoms with Crippen LogP contribution >= 0.6 is 0 Å². The molecule has 2 amide bonds. The number of hydrogen-bond donors (Lipinski definition) is 0. The first-order valence-electron chi connectivity index (χ1n) is 10.6. The zero-order valence-electron chi connectivity index (χ0n) is 16.5. The van der Waals surface area contributed by atoms with E-state index >= 15 is 0 Å². The van der Waals surface area contributed by atoms with Crippen molar-refractivity contribution < 1.29 is 9.59 Å². The number of imide groups is 1. The molecule has 3 aliphatic heterocycles. The Morgan fingerprint density at radius 3 is 2.50 bits per heavy atom. The molecule has 0 radical (unpaired) electrons. The fourth-order valence-electron chi connectivity index (χ4n) is 4.87. The number of rotatable bonds is 5. The van der Waals surface area contributed by atoms with Gasteiger partial charge in [0.25, 0.3) is 11.8 Å². The second kappa shape index (κ2) is 6.89. The van der Waals surface area contributed by atoms with Crippen LogP contribution in [-0.4, -0.2) is 60.4 Å². The van der Waals surface area contributed by atoms with Crippen LogP contribution in [-0.2, 0) is 0 Å². The van der Waals surface area contributed by atoms with Crippen molar-refractivity contribution >= 4 is 28.3 Å². The van der Waals surface area contributed by atoms with E-state index in [9.17, 15) is 9.59 Å². The van der Waals surface area contributed by atoms with Gasteiger partial charge in [-0.25, -0.2) is 0 Å². The zero-order valence-corrected chi connectivity index (χ0v) is 16.5. The Hall–Kier alpha value is -2.40. The van der Waals surface area contributed by atoms with Crippen molar-refractivity contribution in [3.63, 3.8) is 0 Å². The summed E-state index contributed by atoms with van der Waals surface area (Å²) in [5, 5.41) is 1.88. The third-order valence-electron chi connectivity index (χ3n) is 6.55. The summed E-state index contributed by atoms with van der Waals surface area (Å²) in [5.41, 5.74) is 2.51. The van der Waals surface area contributed by atoms with Gasteiger partial charge in [0.2, 0.25) is 0 Å². The summed E-state index contributed by atoms with van der Waals surface area (Å²) in [6.45, 7) is 7.10. The predicted octanol–water partition coefficient (Wildman–Crippen LogP) is 3.52. The Morgan fingerprint density at radius 2 is 1.79 bits per heavy atom. The Kier molecular flexibility index (Phi) is 4.35. The molecule has 2 aromatic carbocycles. The maximum Gasteiger partial charge on any atom is 0.261 e. The number of hydrogen-bond acceptors (Lipinski definition) is 4. The molecule has 3 heterocycles. The molecular weight excluding hydrogens is 350 g/mol. The fourth-order valence-corrected chi connectivity index (χ4v) is 4.87. The van der Waals surface area contributed by atoms with Crippen molar-refractivity contribution in [2.24, 2.45) is 0 Å². The summed E-state index contributed by atoms with van der Waals surface area (Å²) in [5.74, 6) is -0.239. The molecule has 5 rings (SSSR count). The van der Waals surface area contributed by atoms with Gasteiger partial charge >= 0.3 is 0 Å². The molecule has 2 saturated heterocycles. The monoisotopic (exact) mass is 377 g/mol. The molecule has 28 heavy (non-hydrogen) atoms. The predicted molar refractivity (Wildman–Crippen MR) is 111 cm³/mol. The topological polar surface area (TPSA) is 43.9 Å². The van der Waals surface area contributed by atoms with Crippen LogP contribution in [0.15, 0.2) is 30.3 Å². The van der Waals surface area contributed by atoms with E-state index in [1.165, 1.54) is 6.42 Å². The van der Waals surface area contributed by atoms with Crippen LogP contribution < -0.4 is 4.90 Å². The van der Waals surface area contributed by atoms with Gasteiger partial charge in [-0.15, -0.1) is 0 Å². The Bertz CT molecular complexity index is 928. The quantitative estimate of drug-likeness (QED) is 0.748. The lowest BCUT2D eigenvalue weighted by Crippen LogP contribution is -2.48. The van der Waals surface area contributed by atoms with Crippen molar-refractivity contribution in [3.8, 4) is 0 Å². The van der Waals surface area contributed by atoms with Gasteiger partial charge in [0.05, 0.1) is 6.04 Å². The van der Waals surface area contributed by atoms with E-state index in [-0.39, 0.29) is 17.9 Å². The highest BCUT2D eigenvalue weighted by molar-refractivity contribution is 6.27. The maximum atomic E-state index is 13.4. The lowest BCUT2D eigenvalue weighted by Gasteiger charge is -2.36. The molecule has 0 saturated carbocycles. The average Bonchev–Trinajstić information content (AvgIpc) is 3.12. The number of unbranched alkanes of at least 4 members (excludes halogenated alkanes) is 1. The number of likely N-dealkylation sites (tertiary alicyclic amines) is 1. The molecule has 0 aliphatic carbocycles. The molecule has 3 aliphatic rings. The molecule has 146 valence electrons. The normalized spacial score (nSPS) is 22.2. The Balaban J connectivity index is 1.51. The molecule has 5 heteroatoms. The third kappa shape index (κ3) is 2.64. The van der Waals surface area contributed by atoms with E-state index in [0.717, 1.165) is 68.4 Å². The standard InChI is InChI=1S/C23H27N3O2/c1-2-3-11-24-14-10-16(15-24)26-22(27)18-7-4-6-17-20(25-12-5-13-25)9-8-19(21(17)18)23(26)28/h4,6-9,16H,2-3,5,10-15H2,1H3. The van der Waals surface area contributed by atoms with Crippen LogP contribution in [0.4, 0.5) is 5.69 Å². The summed E-state index contributed by atoms with van der Waals surface area (Å²) in [6, 6.07) is 9.87. The first kappa shape index (κ1) is 17.7. The highest BCUT2D eigenvalue weighted by Crippen LogP contribution is 2.38. The smallest absolute Gasteiger partial charge is 0.261 e. The van der Waals surface area contributed by atoms with Gasteiger partial charge in [-0.05, 0) is 44.0 Å². The van der Waals surface area contributed by atoms with Crippen LogP contribution in [0, 0.1) is 0 Å². The molecule has 0 bridgehead atoms. The number of nitrogens with zero attached hydrogens (tertiary/aromatic N) is 3. The third-order valence-corrected chi connectivity index (χ3v) is 6.55. The molecular formula is C23H27N3O2. The minimum absolute atomic E-state index is 0.0182. The summed E-state index contributed by atoms with van der Waals surface area (Å²) < 4.78 is 0. The highest BCUT2D eigenvalue weighted by atomic mass is 16.2. The van der Waals surface area contributed by atoms with Crippen molar-refractivity contribution in [2.45, 2.75) is 38.6 Å². The van der Waals surface area contributed by atoms with Crippen LogP contribution in [0.2, 0.25) is 0 Å². The number of carbonyl (C=O) groups excluding carboxylic acids is 2. The van der Waals surface area contributed by atoms with Crippen molar-refractivity contribution in [1.82, 2.24) is 9.80 Å². The summed E-state index contributed by atoms with van der Waals surface area (Å²) in [4.78, 5) is 33.0. The average molecular weight is 377 g/mol. The van der Waals surface area contributed by atoms with Crippen LogP contribution in [0.3, 0.4) is 0 Å². The second-order valence-electron chi connectivity index (χ2n) is 8.28. The van der Waals surface area contributed by atoms with Gasteiger partial charge in [0.15, 0.2) is 0 Å². The summed E-state index contributed by atoms with van der Waals surface area (Å²) in [6.07, 6.45) is 4.40. The molecule has 5 nitrogen and oxygen atoms in total. The van der Waals surface area contributed by atoms with Gasteiger partial charge in [0, 0.05) is 53.8 Å². The fraction of sp³-hybridized carbons (Fsp3) is 0.478. The Morgan fingerprint density at radius 1 is 1.00 bits per heavy atom. The molecule has 0 N–H and O–H groups in total. The van der Waals surface area contributed by atoms with Gasteiger partial charge in [-0.2, -0.15) is 0 Å². The lowest BCUT2D eigenvalue weighted by molar-refractivity contribution is 0.0543. The number of amides is 2. The molecule has 2 aromatic rings. The molecule has 1 unspecified atom stereocenters. The SMILES string of the molecule is CCCCN1CCC(N2C(=O)c3cccc4c(N5CCC5)ccc(c34)C2=O)C1. The van der Waals surface area contributed by atoms with E-state index < -0.39 is 0 Å². The van der Waals surface area contributed by atoms with E-state index in [1.807, 2.05) is 24.3 Å². The zero-order chi connectivity index (χ0) is 19.3. The molecule has 0 spiro atoms. The molecule has 2 fully saturated rings. The van der Waals surface area contributed by atoms with E-state index in [1.54, 1.807) is 4.90 Å². The van der Waals surface area contributed by atoms with E-state index in [4.69, 9.17) is 0 Å². The number of carbonyl (C=O) groups is 2. The van der Waals surface area contributed by atoms with Crippen molar-refractivity contribution in [2.75, 3.05) is 37.6 Å². The maximum absolute atomic E-state index is 13.4. The van der Waals surface area contributed by atoms with Crippen molar-refractivity contribution in [1.29, 1.82) is 0 Å². The van der Waals surface area contributed by atoms with Gasteiger partial charge in [-0.3, -0.25) is 14.5 Å². The van der Waals surface area contributed by atoms with Gasteiger partial charge in [-0.1, -0.05) is 25.5 Å². The molecule has 0 aromatic heterocycles. The lowest BCUT2D eigenvalue weighted by atomic mass is 9.91. The van der Waals surface area contributed by atoms with E-state index in [2.05, 4.69) is 22.8 Å². The largest absolute Gasteiger partial charge is 0.371 e. The van der Waals surface area contributed by atoms with Crippen molar-refractivity contribution in [3.05, 3.63) is 41.5 Å².